The Morgan fingerprint density at radius 3 is 2.78 bits per heavy atom. The molecule has 0 saturated heterocycles. The minimum absolute atomic E-state index is 0.156. The summed E-state index contributed by atoms with van der Waals surface area (Å²) in [5.41, 5.74) is 1.94. The standard InChI is InChI=1S/C20H23FN4O2/c1-13(2)25-19-15(12-22-25)11-16(14(3)23-19)20(26)24(4)9-10-27-18-8-6-5-7-17(18)21/h5-8,11-13H,9-10H2,1-4H3. The van der Waals surface area contributed by atoms with E-state index >= 15 is 0 Å². The Kier molecular flexibility index (Phi) is 5.39. The highest BCUT2D eigenvalue weighted by Crippen LogP contribution is 2.20. The molecule has 3 rings (SSSR count). The van der Waals surface area contributed by atoms with Crippen molar-refractivity contribution in [1.29, 1.82) is 0 Å². The molecule has 0 radical (unpaired) electrons. The second-order valence-corrected chi connectivity index (χ2v) is 6.72. The molecule has 0 spiro atoms. The predicted octanol–water partition coefficient (Wildman–Crippen LogP) is 3.61. The third kappa shape index (κ3) is 3.92. The molecule has 0 aliphatic rings. The SMILES string of the molecule is Cc1nc2c(cnn2C(C)C)cc1C(=O)N(C)CCOc1ccccc1F. The molecule has 0 N–H and O–H groups in total. The number of fused-ring (bicyclic) bond motifs is 1. The molecule has 0 bridgehead atoms. The summed E-state index contributed by atoms with van der Waals surface area (Å²) in [6.07, 6.45) is 1.72. The molecule has 1 amide bonds. The zero-order chi connectivity index (χ0) is 19.6. The van der Waals surface area contributed by atoms with Crippen LogP contribution in [0.2, 0.25) is 0 Å². The molecule has 0 fully saturated rings. The molecule has 1 aromatic carbocycles. The Labute approximate surface area is 157 Å². The highest BCUT2D eigenvalue weighted by Gasteiger charge is 2.18. The van der Waals surface area contributed by atoms with E-state index in [4.69, 9.17) is 4.74 Å². The van der Waals surface area contributed by atoms with Gasteiger partial charge in [-0.25, -0.2) is 14.1 Å². The number of halogens is 1. The summed E-state index contributed by atoms with van der Waals surface area (Å²) in [5.74, 6) is -0.394. The molecule has 6 nitrogen and oxygen atoms in total. The van der Waals surface area contributed by atoms with Gasteiger partial charge in [-0.2, -0.15) is 5.10 Å². The minimum Gasteiger partial charge on any atom is -0.489 e. The third-order valence-corrected chi connectivity index (χ3v) is 4.35. The van der Waals surface area contributed by atoms with Gasteiger partial charge in [-0.3, -0.25) is 4.79 Å². The van der Waals surface area contributed by atoms with E-state index in [1.54, 1.807) is 36.3 Å². The Morgan fingerprint density at radius 1 is 1.33 bits per heavy atom. The first-order valence-corrected chi connectivity index (χ1v) is 8.86. The quantitative estimate of drug-likeness (QED) is 0.665. The molecule has 0 saturated carbocycles. The monoisotopic (exact) mass is 370 g/mol. The molecular weight excluding hydrogens is 347 g/mol. The topological polar surface area (TPSA) is 60.2 Å². The lowest BCUT2D eigenvalue weighted by Gasteiger charge is -2.18. The van der Waals surface area contributed by atoms with Crippen LogP contribution in [0.1, 0.15) is 35.9 Å². The fraction of sp³-hybridized carbons (Fsp3) is 0.350. The second-order valence-electron chi connectivity index (χ2n) is 6.72. The lowest BCUT2D eigenvalue weighted by atomic mass is 10.1. The highest BCUT2D eigenvalue weighted by molar-refractivity contribution is 5.98. The maximum absolute atomic E-state index is 13.6. The number of likely N-dealkylation sites (N-methyl/N-ethyl adjacent to an activating group) is 1. The van der Waals surface area contributed by atoms with E-state index in [0.717, 1.165) is 11.0 Å². The number of carbonyl (C=O) groups is 1. The molecule has 2 aromatic heterocycles. The summed E-state index contributed by atoms with van der Waals surface area (Å²) < 4.78 is 20.8. The average molecular weight is 370 g/mol. The minimum atomic E-state index is -0.417. The summed E-state index contributed by atoms with van der Waals surface area (Å²) in [7, 11) is 1.69. The van der Waals surface area contributed by atoms with Gasteiger partial charge >= 0.3 is 0 Å². The summed E-state index contributed by atoms with van der Waals surface area (Å²) in [6.45, 7) is 6.41. The molecule has 0 unspecified atom stereocenters. The highest BCUT2D eigenvalue weighted by atomic mass is 19.1. The maximum atomic E-state index is 13.6. The number of nitrogens with zero attached hydrogens (tertiary/aromatic N) is 4. The van der Waals surface area contributed by atoms with Gasteiger partial charge in [-0.1, -0.05) is 12.1 Å². The van der Waals surface area contributed by atoms with Gasteiger partial charge in [0.2, 0.25) is 0 Å². The summed E-state index contributed by atoms with van der Waals surface area (Å²) in [5, 5.41) is 5.17. The van der Waals surface area contributed by atoms with Crippen molar-refractivity contribution in [2.45, 2.75) is 26.8 Å². The van der Waals surface area contributed by atoms with Crippen molar-refractivity contribution in [3.63, 3.8) is 0 Å². The molecule has 0 aliphatic carbocycles. The van der Waals surface area contributed by atoms with E-state index in [1.165, 1.54) is 6.07 Å². The van der Waals surface area contributed by atoms with E-state index in [-0.39, 0.29) is 24.3 Å². The van der Waals surface area contributed by atoms with Gasteiger partial charge in [0.1, 0.15) is 6.61 Å². The van der Waals surface area contributed by atoms with Crippen LogP contribution in [0, 0.1) is 12.7 Å². The first-order chi connectivity index (χ1) is 12.9. The van der Waals surface area contributed by atoms with Crippen LogP contribution in [0.15, 0.2) is 36.5 Å². The average Bonchev–Trinajstić information content (AvgIpc) is 3.04. The summed E-state index contributed by atoms with van der Waals surface area (Å²) in [6, 6.07) is 8.21. The third-order valence-electron chi connectivity index (χ3n) is 4.35. The fourth-order valence-corrected chi connectivity index (χ4v) is 2.82. The van der Waals surface area contributed by atoms with Crippen LogP contribution >= 0.6 is 0 Å². The molecule has 0 aliphatic heterocycles. The van der Waals surface area contributed by atoms with Crippen LogP contribution in [-0.4, -0.2) is 45.8 Å². The van der Waals surface area contributed by atoms with Gasteiger partial charge in [-0.05, 0) is 39.0 Å². The first-order valence-electron chi connectivity index (χ1n) is 8.86. The number of aryl methyl sites for hydroxylation is 1. The Bertz CT molecular complexity index is 968. The number of carbonyl (C=O) groups excluding carboxylic acids is 1. The smallest absolute Gasteiger partial charge is 0.255 e. The fourth-order valence-electron chi connectivity index (χ4n) is 2.82. The van der Waals surface area contributed by atoms with E-state index < -0.39 is 5.82 Å². The Balaban J connectivity index is 1.71. The largest absolute Gasteiger partial charge is 0.489 e. The van der Waals surface area contributed by atoms with Crippen molar-refractivity contribution in [2.24, 2.45) is 0 Å². The Hall–Kier alpha value is -2.96. The van der Waals surface area contributed by atoms with Crippen LogP contribution in [0.3, 0.4) is 0 Å². The normalized spacial score (nSPS) is 11.2. The van der Waals surface area contributed by atoms with E-state index in [0.29, 0.717) is 17.8 Å². The first kappa shape index (κ1) is 18.8. The van der Waals surface area contributed by atoms with E-state index in [9.17, 15) is 9.18 Å². The predicted molar refractivity (Wildman–Crippen MR) is 102 cm³/mol. The van der Waals surface area contributed by atoms with E-state index in [2.05, 4.69) is 10.1 Å². The molecule has 3 aromatic rings. The molecule has 7 heteroatoms. The Morgan fingerprint density at radius 2 is 2.07 bits per heavy atom. The van der Waals surface area contributed by atoms with Crippen molar-refractivity contribution in [3.05, 3.63) is 53.6 Å². The zero-order valence-electron chi connectivity index (χ0n) is 15.9. The van der Waals surface area contributed by atoms with Crippen LogP contribution < -0.4 is 4.74 Å². The van der Waals surface area contributed by atoms with Gasteiger partial charge in [-0.15, -0.1) is 0 Å². The number of rotatable bonds is 6. The van der Waals surface area contributed by atoms with Crippen LogP contribution in [0.5, 0.6) is 5.75 Å². The molecule has 0 atom stereocenters. The van der Waals surface area contributed by atoms with Gasteiger partial charge < -0.3 is 9.64 Å². The molecule has 2 heterocycles. The zero-order valence-corrected chi connectivity index (χ0v) is 15.9. The summed E-state index contributed by atoms with van der Waals surface area (Å²) in [4.78, 5) is 18.9. The van der Waals surface area contributed by atoms with Crippen molar-refractivity contribution < 1.29 is 13.9 Å². The van der Waals surface area contributed by atoms with Gasteiger partial charge in [0.15, 0.2) is 17.2 Å². The lowest BCUT2D eigenvalue weighted by Crippen LogP contribution is -2.31. The van der Waals surface area contributed by atoms with Crippen molar-refractivity contribution in [1.82, 2.24) is 19.7 Å². The number of amides is 1. The van der Waals surface area contributed by atoms with Gasteiger partial charge in [0, 0.05) is 18.5 Å². The molecular formula is C20H23FN4O2. The lowest BCUT2D eigenvalue weighted by molar-refractivity contribution is 0.0772. The van der Waals surface area contributed by atoms with Crippen molar-refractivity contribution >= 4 is 16.9 Å². The number of hydrogen-bond donors (Lipinski definition) is 0. The van der Waals surface area contributed by atoms with Crippen molar-refractivity contribution in [2.75, 3.05) is 20.2 Å². The number of pyridine rings is 1. The number of hydrogen-bond acceptors (Lipinski definition) is 4. The number of para-hydroxylation sites is 1. The van der Waals surface area contributed by atoms with Crippen molar-refractivity contribution in [3.8, 4) is 5.75 Å². The van der Waals surface area contributed by atoms with Crippen LogP contribution in [-0.2, 0) is 0 Å². The van der Waals surface area contributed by atoms with Crippen LogP contribution in [0.4, 0.5) is 4.39 Å². The van der Waals surface area contributed by atoms with Gasteiger partial charge in [0.25, 0.3) is 5.91 Å². The molecule has 27 heavy (non-hydrogen) atoms. The van der Waals surface area contributed by atoms with Gasteiger partial charge in [0.05, 0.1) is 24.0 Å². The number of ether oxygens (including phenoxy) is 1. The maximum Gasteiger partial charge on any atom is 0.255 e. The number of aromatic nitrogens is 3. The number of benzene rings is 1. The molecule has 142 valence electrons. The summed E-state index contributed by atoms with van der Waals surface area (Å²) >= 11 is 0. The van der Waals surface area contributed by atoms with E-state index in [1.807, 2.05) is 31.5 Å². The van der Waals surface area contributed by atoms with Crippen LogP contribution in [0.25, 0.3) is 11.0 Å². The second kappa shape index (κ2) is 7.73.